The number of hydrogen-bond acceptors (Lipinski definition) is 1. The highest BCUT2D eigenvalue weighted by Gasteiger charge is 2.14. The molecule has 22 heavy (non-hydrogen) atoms. The van der Waals surface area contributed by atoms with Gasteiger partial charge < -0.3 is 5.11 Å². The second kappa shape index (κ2) is 4.73. The van der Waals surface area contributed by atoms with E-state index in [0.717, 1.165) is 5.56 Å². The van der Waals surface area contributed by atoms with Crippen molar-refractivity contribution >= 4 is 32.3 Å². The Bertz CT molecular complexity index is 1060. The van der Waals surface area contributed by atoms with E-state index in [1.165, 1.54) is 43.4 Å². The Morgan fingerprint density at radius 3 is 2.18 bits per heavy atom. The van der Waals surface area contributed by atoms with E-state index < -0.39 is 0 Å². The van der Waals surface area contributed by atoms with Crippen LogP contribution in [0.4, 0.5) is 0 Å². The molecule has 0 aliphatic carbocycles. The molecule has 0 atom stereocenters. The predicted molar refractivity (Wildman–Crippen MR) is 93.6 cm³/mol. The molecule has 0 fully saturated rings. The van der Waals surface area contributed by atoms with Gasteiger partial charge in [-0.1, -0.05) is 54.3 Å². The highest BCUT2D eigenvalue weighted by atomic mass is 16.2. The monoisotopic (exact) mass is 284 g/mol. The second-order valence-corrected chi connectivity index (χ2v) is 5.77. The SMILES string of the molecule is Cc1c(C)c2ccc3cccc4ccc(c1C#CCO)c2c34. The lowest BCUT2D eigenvalue weighted by Crippen LogP contribution is -1.94. The van der Waals surface area contributed by atoms with E-state index in [9.17, 15) is 0 Å². The van der Waals surface area contributed by atoms with Gasteiger partial charge in [-0.25, -0.2) is 0 Å². The van der Waals surface area contributed by atoms with Crippen LogP contribution in [0.1, 0.15) is 16.7 Å². The van der Waals surface area contributed by atoms with Gasteiger partial charge in [-0.3, -0.25) is 0 Å². The lowest BCUT2D eigenvalue weighted by Gasteiger charge is -2.16. The van der Waals surface area contributed by atoms with Gasteiger partial charge in [0.25, 0.3) is 0 Å². The zero-order valence-corrected chi connectivity index (χ0v) is 12.7. The van der Waals surface area contributed by atoms with E-state index in [0.29, 0.717) is 0 Å². The minimum Gasteiger partial charge on any atom is -0.384 e. The summed E-state index contributed by atoms with van der Waals surface area (Å²) >= 11 is 0. The lowest BCUT2D eigenvalue weighted by atomic mass is 9.87. The normalized spacial score (nSPS) is 11.2. The van der Waals surface area contributed by atoms with Crippen LogP contribution < -0.4 is 0 Å². The molecule has 106 valence electrons. The van der Waals surface area contributed by atoms with Crippen LogP contribution in [0.25, 0.3) is 32.3 Å². The van der Waals surface area contributed by atoms with Crippen LogP contribution in [-0.2, 0) is 0 Å². The smallest absolute Gasteiger partial charge is 0.104 e. The molecular weight excluding hydrogens is 268 g/mol. The molecule has 0 bridgehead atoms. The molecule has 1 nitrogen and oxygen atoms in total. The van der Waals surface area contributed by atoms with Crippen LogP contribution in [0.2, 0.25) is 0 Å². The summed E-state index contributed by atoms with van der Waals surface area (Å²) in [5.74, 6) is 5.97. The van der Waals surface area contributed by atoms with Crippen molar-refractivity contribution in [2.24, 2.45) is 0 Å². The van der Waals surface area contributed by atoms with Gasteiger partial charge in [0.15, 0.2) is 0 Å². The van der Waals surface area contributed by atoms with Crippen LogP contribution >= 0.6 is 0 Å². The van der Waals surface area contributed by atoms with Crippen molar-refractivity contribution in [3.8, 4) is 11.8 Å². The van der Waals surface area contributed by atoms with Crippen LogP contribution in [-0.4, -0.2) is 11.7 Å². The third kappa shape index (κ3) is 1.65. The molecule has 0 radical (unpaired) electrons. The van der Waals surface area contributed by atoms with E-state index in [4.69, 9.17) is 5.11 Å². The van der Waals surface area contributed by atoms with Gasteiger partial charge in [-0.05, 0) is 57.3 Å². The fraction of sp³-hybridized carbons (Fsp3) is 0.143. The highest BCUT2D eigenvalue weighted by Crippen LogP contribution is 2.38. The van der Waals surface area contributed by atoms with Crippen molar-refractivity contribution in [2.45, 2.75) is 13.8 Å². The number of aryl methyl sites for hydroxylation is 1. The average Bonchev–Trinajstić information content (AvgIpc) is 2.55. The van der Waals surface area contributed by atoms with Crippen molar-refractivity contribution in [2.75, 3.05) is 6.61 Å². The van der Waals surface area contributed by atoms with Gasteiger partial charge in [0.2, 0.25) is 0 Å². The van der Waals surface area contributed by atoms with Gasteiger partial charge in [-0.15, -0.1) is 0 Å². The second-order valence-electron chi connectivity index (χ2n) is 5.77. The minimum atomic E-state index is -0.111. The quantitative estimate of drug-likeness (QED) is 0.371. The van der Waals surface area contributed by atoms with Crippen molar-refractivity contribution in [1.82, 2.24) is 0 Å². The maximum absolute atomic E-state index is 9.06. The largest absolute Gasteiger partial charge is 0.384 e. The summed E-state index contributed by atoms with van der Waals surface area (Å²) < 4.78 is 0. The molecule has 0 aliphatic heterocycles. The van der Waals surface area contributed by atoms with Crippen molar-refractivity contribution in [3.63, 3.8) is 0 Å². The summed E-state index contributed by atoms with van der Waals surface area (Å²) in [7, 11) is 0. The molecular formula is C21H16O. The first-order valence-electron chi connectivity index (χ1n) is 7.49. The first-order chi connectivity index (χ1) is 10.7. The molecule has 4 rings (SSSR count). The molecule has 0 saturated heterocycles. The summed E-state index contributed by atoms with van der Waals surface area (Å²) in [6.45, 7) is 4.16. The Morgan fingerprint density at radius 1 is 0.818 bits per heavy atom. The van der Waals surface area contributed by atoms with E-state index in [1.54, 1.807) is 0 Å². The zero-order chi connectivity index (χ0) is 15.3. The standard InChI is InChI=1S/C21H16O/c1-13-14(2)18-10-8-15-5-3-6-16-9-11-19(21(18)20(15)16)17(13)7-4-12-22/h3,5-6,8-11,22H,12H2,1-2H3. The molecule has 0 saturated carbocycles. The predicted octanol–water partition coefficient (Wildman–Crippen LogP) is 4.54. The zero-order valence-electron chi connectivity index (χ0n) is 12.7. The minimum absolute atomic E-state index is 0.111. The summed E-state index contributed by atoms with van der Waals surface area (Å²) in [4.78, 5) is 0. The molecule has 4 aromatic carbocycles. The summed E-state index contributed by atoms with van der Waals surface area (Å²) in [5, 5.41) is 16.7. The van der Waals surface area contributed by atoms with Crippen LogP contribution in [0.3, 0.4) is 0 Å². The molecule has 0 spiro atoms. The first kappa shape index (κ1) is 13.1. The summed E-state index contributed by atoms with van der Waals surface area (Å²) in [5.41, 5.74) is 3.51. The number of benzene rings is 4. The molecule has 0 aromatic heterocycles. The Kier molecular flexibility index (Phi) is 2.82. The summed E-state index contributed by atoms with van der Waals surface area (Å²) in [6, 6.07) is 15.2. The molecule has 0 aliphatic rings. The lowest BCUT2D eigenvalue weighted by molar-refractivity contribution is 0.350. The average molecular weight is 284 g/mol. The van der Waals surface area contributed by atoms with Gasteiger partial charge in [0.1, 0.15) is 6.61 Å². The van der Waals surface area contributed by atoms with Crippen molar-refractivity contribution < 1.29 is 5.11 Å². The summed E-state index contributed by atoms with van der Waals surface area (Å²) in [6.07, 6.45) is 0. The first-order valence-corrected chi connectivity index (χ1v) is 7.49. The number of aliphatic hydroxyl groups excluding tert-OH is 1. The Hall–Kier alpha value is -2.56. The Labute approximate surface area is 129 Å². The molecule has 4 aromatic rings. The maximum Gasteiger partial charge on any atom is 0.104 e. The molecule has 0 unspecified atom stereocenters. The fourth-order valence-corrected chi connectivity index (χ4v) is 3.48. The van der Waals surface area contributed by atoms with Crippen LogP contribution in [0, 0.1) is 25.7 Å². The van der Waals surface area contributed by atoms with Gasteiger partial charge in [0.05, 0.1) is 0 Å². The molecule has 0 heterocycles. The van der Waals surface area contributed by atoms with E-state index in [1.807, 2.05) is 0 Å². The number of aliphatic hydroxyl groups is 1. The van der Waals surface area contributed by atoms with Crippen molar-refractivity contribution in [3.05, 3.63) is 59.2 Å². The van der Waals surface area contributed by atoms with Crippen LogP contribution in [0.15, 0.2) is 42.5 Å². The van der Waals surface area contributed by atoms with Gasteiger partial charge >= 0.3 is 0 Å². The van der Waals surface area contributed by atoms with Crippen LogP contribution in [0.5, 0.6) is 0 Å². The van der Waals surface area contributed by atoms with E-state index >= 15 is 0 Å². The van der Waals surface area contributed by atoms with Gasteiger partial charge in [0, 0.05) is 5.56 Å². The Morgan fingerprint density at radius 2 is 1.50 bits per heavy atom. The maximum atomic E-state index is 9.06. The molecule has 1 heteroatoms. The highest BCUT2D eigenvalue weighted by molar-refractivity contribution is 6.24. The Balaban J connectivity index is 2.33. The third-order valence-electron chi connectivity index (χ3n) is 4.68. The molecule has 0 amide bonds. The topological polar surface area (TPSA) is 20.2 Å². The van der Waals surface area contributed by atoms with Gasteiger partial charge in [-0.2, -0.15) is 0 Å². The van der Waals surface area contributed by atoms with E-state index in [-0.39, 0.29) is 6.61 Å². The molecule has 1 N–H and O–H groups in total. The number of rotatable bonds is 0. The van der Waals surface area contributed by atoms with E-state index in [2.05, 4.69) is 68.2 Å². The fourth-order valence-electron chi connectivity index (χ4n) is 3.48. The number of hydrogen-bond donors (Lipinski definition) is 1. The third-order valence-corrected chi connectivity index (χ3v) is 4.68. The van der Waals surface area contributed by atoms with Crippen molar-refractivity contribution in [1.29, 1.82) is 0 Å².